The van der Waals surface area contributed by atoms with Crippen LogP contribution in [0, 0.1) is 5.92 Å². The summed E-state index contributed by atoms with van der Waals surface area (Å²) in [6, 6.07) is 42.0. The maximum absolute atomic E-state index is 2.44. The molecule has 0 aliphatic heterocycles. The normalized spacial score (nSPS) is 12.0. The van der Waals surface area contributed by atoms with Crippen molar-refractivity contribution in [3.63, 3.8) is 0 Å². The van der Waals surface area contributed by atoms with Gasteiger partial charge in [-0.1, -0.05) is 86.6 Å². The maximum Gasteiger partial charge on any atom is 0.0543 e. The van der Waals surface area contributed by atoms with Crippen LogP contribution >= 0.6 is 0 Å². The summed E-state index contributed by atoms with van der Waals surface area (Å²) >= 11 is 0. The molecule has 174 valence electrons. The molecule has 0 bridgehead atoms. The quantitative estimate of drug-likeness (QED) is 0.246. The van der Waals surface area contributed by atoms with Gasteiger partial charge in [0.05, 0.1) is 22.1 Å². The lowest BCUT2D eigenvalue weighted by molar-refractivity contribution is 0.650. The Balaban J connectivity index is 1.52. The number of para-hydroxylation sites is 3. The molecule has 2 heterocycles. The van der Waals surface area contributed by atoms with Crippen molar-refractivity contribution in [2.24, 2.45) is 5.92 Å². The van der Waals surface area contributed by atoms with Gasteiger partial charge >= 0.3 is 0 Å². The minimum absolute atomic E-state index is 0.608. The number of fused-ring (bicyclic) bond motifs is 6. The van der Waals surface area contributed by atoms with Gasteiger partial charge in [0.15, 0.2) is 0 Å². The van der Waals surface area contributed by atoms with Crippen LogP contribution in [-0.2, 0) is 6.42 Å². The van der Waals surface area contributed by atoms with E-state index in [2.05, 4.69) is 138 Å². The van der Waals surface area contributed by atoms with E-state index >= 15 is 0 Å². The highest BCUT2D eigenvalue weighted by molar-refractivity contribution is 6.11. The van der Waals surface area contributed by atoms with Gasteiger partial charge in [-0.3, -0.25) is 0 Å². The van der Waals surface area contributed by atoms with Crippen molar-refractivity contribution in [3.8, 4) is 11.4 Å². The topological polar surface area (TPSA) is 9.86 Å². The first-order valence-corrected chi connectivity index (χ1v) is 12.8. The molecule has 7 aromatic rings. The van der Waals surface area contributed by atoms with Crippen molar-refractivity contribution >= 4 is 43.6 Å². The Morgan fingerprint density at radius 2 is 0.972 bits per heavy atom. The fraction of sp³-hybridized carbons (Fsp3) is 0.118. The average Bonchev–Trinajstić information content (AvgIpc) is 3.42. The second-order valence-electron chi connectivity index (χ2n) is 10.2. The third kappa shape index (κ3) is 3.11. The molecule has 0 unspecified atom stereocenters. The van der Waals surface area contributed by atoms with Crippen LogP contribution in [0.1, 0.15) is 19.4 Å². The Morgan fingerprint density at radius 1 is 0.500 bits per heavy atom. The van der Waals surface area contributed by atoms with E-state index < -0.39 is 0 Å². The molecular weight excluding hydrogens is 436 g/mol. The van der Waals surface area contributed by atoms with Gasteiger partial charge in [0, 0.05) is 32.9 Å². The number of hydrogen-bond donors (Lipinski definition) is 0. The molecule has 2 aromatic heterocycles. The first-order valence-electron chi connectivity index (χ1n) is 12.8. The van der Waals surface area contributed by atoms with E-state index in [-0.39, 0.29) is 0 Å². The third-order valence-corrected chi connectivity index (χ3v) is 7.34. The zero-order valence-electron chi connectivity index (χ0n) is 20.6. The van der Waals surface area contributed by atoms with Gasteiger partial charge in [-0.2, -0.15) is 0 Å². The standard InChI is InChI=1S/C34H28N2/c1-23(2)21-24-11-9-20-33-34(24)29-16-5-8-19-32(29)36(33)26-13-10-12-25(22-26)35-30-17-6-3-14-27(30)28-15-4-7-18-31(28)35/h3-20,22-23H,21H2,1-2H3. The number of hydrogen-bond acceptors (Lipinski definition) is 0. The van der Waals surface area contributed by atoms with E-state index in [9.17, 15) is 0 Å². The van der Waals surface area contributed by atoms with E-state index in [0.717, 1.165) is 6.42 Å². The molecule has 0 amide bonds. The zero-order valence-corrected chi connectivity index (χ0v) is 20.6. The first-order chi connectivity index (χ1) is 17.7. The molecule has 2 nitrogen and oxygen atoms in total. The predicted octanol–water partition coefficient (Wildman–Crippen LogP) is 9.08. The number of nitrogens with zero attached hydrogens (tertiary/aromatic N) is 2. The first kappa shape index (κ1) is 21.0. The van der Waals surface area contributed by atoms with Crippen LogP contribution < -0.4 is 0 Å². The SMILES string of the molecule is CC(C)Cc1cccc2c1c1ccccc1n2-c1cccc(-n2c3ccccc3c3ccccc32)c1. The van der Waals surface area contributed by atoms with E-state index in [1.54, 1.807) is 0 Å². The van der Waals surface area contributed by atoms with Crippen LogP contribution in [0.15, 0.2) is 115 Å². The second-order valence-corrected chi connectivity index (χ2v) is 10.2. The molecule has 0 fully saturated rings. The largest absolute Gasteiger partial charge is 0.309 e. The lowest BCUT2D eigenvalue weighted by Gasteiger charge is -2.13. The number of rotatable bonds is 4. The minimum Gasteiger partial charge on any atom is -0.309 e. The molecule has 0 aliphatic rings. The van der Waals surface area contributed by atoms with E-state index in [1.807, 2.05) is 0 Å². The van der Waals surface area contributed by atoms with Gasteiger partial charge in [0.1, 0.15) is 0 Å². The van der Waals surface area contributed by atoms with Crippen molar-refractivity contribution < 1.29 is 0 Å². The van der Waals surface area contributed by atoms with Gasteiger partial charge in [-0.05, 0) is 60.4 Å². The lowest BCUT2D eigenvalue weighted by Crippen LogP contribution is -1.99. The average molecular weight is 465 g/mol. The van der Waals surface area contributed by atoms with Crippen LogP contribution in [0.2, 0.25) is 0 Å². The molecule has 0 spiro atoms. The fourth-order valence-corrected chi connectivity index (χ4v) is 5.95. The summed E-state index contributed by atoms with van der Waals surface area (Å²) in [5.41, 5.74) is 8.78. The van der Waals surface area contributed by atoms with Gasteiger partial charge in [-0.25, -0.2) is 0 Å². The Bertz CT molecular complexity index is 1840. The lowest BCUT2D eigenvalue weighted by atomic mass is 9.98. The van der Waals surface area contributed by atoms with Gasteiger partial charge < -0.3 is 9.13 Å². The minimum atomic E-state index is 0.608. The Labute approximate surface area is 211 Å². The summed E-state index contributed by atoms with van der Waals surface area (Å²) in [6.07, 6.45) is 1.08. The predicted molar refractivity (Wildman–Crippen MR) is 154 cm³/mol. The highest BCUT2D eigenvalue weighted by Crippen LogP contribution is 2.37. The van der Waals surface area contributed by atoms with Crippen LogP contribution in [-0.4, -0.2) is 9.13 Å². The monoisotopic (exact) mass is 464 g/mol. The van der Waals surface area contributed by atoms with Crippen LogP contribution in [0.3, 0.4) is 0 Å². The molecule has 0 saturated carbocycles. The molecule has 0 aliphatic carbocycles. The van der Waals surface area contributed by atoms with Crippen LogP contribution in [0.5, 0.6) is 0 Å². The summed E-state index contributed by atoms with van der Waals surface area (Å²) in [4.78, 5) is 0. The summed E-state index contributed by atoms with van der Waals surface area (Å²) < 4.78 is 4.83. The van der Waals surface area contributed by atoms with Gasteiger partial charge in [0.25, 0.3) is 0 Å². The maximum atomic E-state index is 2.44. The Hall–Kier alpha value is -4.30. The van der Waals surface area contributed by atoms with E-state index in [1.165, 1.54) is 60.5 Å². The van der Waals surface area contributed by atoms with E-state index in [0.29, 0.717) is 5.92 Å². The van der Waals surface area contributed by atoms with Crippen molar-refractivity contribution in [2.75, 3.05) is 0 Å². The molecule has 2 heteroatoms. The Morgan fingerprint density at radius 3 is 1.58 bits per heavy atom. The van der Waals surface area contributed by atoms with Crippen LogP contribution in [0.25, 0.3) is 55.0 Å². The van der Waals surface area contributed by atoms with Gasteiger partial charge in [-0.15, -0.1) is 0 Å². The molecule has 0 saturated heterocycles. The second kappa shape index (κ2) is 8.13. The van der Waals surface area contributed by atoms with Crippen molar-refractivity contribution in [3.05, 3.63) is 121 Å². The van der Waals surface area contributed by atoms with Crippen molar-refractivity contribution in [1.29, 1.82) is 0 Å². The van der Waals surface area contributed by atoms with Crippen LogP contribution in [0.4, 0.5) is 0 Å². The highest BCUT2D eigenvalue weighted by Gasteiger charge is 2.17. The van der Waals surface area contributed by atoms with Crippen molar-refractivity contribution in [2.45, 2.75) is 20.3 Å². The number of benzene rings is 5. The summed E-state index contributed by atoms with van der Waals surface area (Å²) in [7, 11) is 0. The summed E-state index contributed by atoms with van der Waals surface area (Å²) in [6.45, 7) is 4.60. The summed E-state index contributed by atoms with van der Waals surface area (Å²) in [5, 5.41) is 5.28. The molecule has 0 N–H and O–H groups in total. The fourth-order valence-electron chi connectivity index (χ4n) is 5.95. The molecule has 0 radical (unpaired) electrons. The Kier molecular flexibility index (Phi) is 4.75. The summed E-state index contributed by atoms with van der Waals surface area (Å²) in [5.74, 6) is 0.608. The molecule has 36 heavy (non-hydrogen) atoms. The number of aromatic nitrogens is 2. The molecule has 7 rings (SSSR count). The van der Waals surface area contributed by atoms with Gasteiger partial charge in [0.2, 0.25) is 0 Å². The molecule has 5 aromatic carbocycles. The van der Waals surface area contributed by atoms with E-state index in [4.69, 9.17) is 0 Å². The smallest absolute Gasteiger partial charge is 0.0543 e. The molecular formula is C34H28N2. The molecule has 0 atom stereocenters. The van der Waals surface area contributed by atoms with Crippen molar-refractivity contribution in [1.82, 2.24) is 9.13 Å². The third-order valence-electron chi connectivity index (χ3n) is 7.34. The zero-order chi connectivity index (χ0) is 24.2. The highest BCUT2D eigenvalue weighted by atomic mass is 15.0.